The molecule has 0 aliphatic heterocycles. The molecule has 8 nitrogen and oxygen atoms in total. The summed E-state index contributed by atoms with van der Waals surface area (Å²) in [5.74, 6) is -0.311. The fraction of sp³-hybridized carbons (Fsp3) is 0.312. The van der Waals surface area contributed by atoms with Crippen LogP contribution in [0.5, 0.6) is 6.01 Å². The third-order valence-corrected chi connectivity index (χ3v) is 4.82. The van der Waals surface area contributed by atoms with Gasteiger partial charge in [-0.05, 0) is 31.4 Å². The molecule has 25 heavy (non-hydrogen) atoms. The lowest BCUT2D eigenvalue weighted by Gasteiger charge is -2.24. The molecule has 1 heterocycles. The van der Waals surface area contributed by atoms with Crippen LogP contribution in [0.1, 0.15) is 26.2 Å². The van der Waals surface area contributed by atoms with Crippen molar-refractivity contribution in [2.24, 2.45) is 5.14 Å². The van der Waals surface area contributed by atoms with Crippen molar-refractivity contribution < 1.29 is 17.9 Å². The van der Waals surface area contributed by atoms with Crippen molar-refractivity contribution in [3.8, 4) is 17.1 Å². The highest BCUT2D eigenvalue weighted by Gasteiger charge is 2.21. The second-order valence-corrected chi connectivity index (χ2v) is 7.39. The van der Waals surface area contributed by atoms with Gasteiger partial charge in [-0.3, -0.25) is 4.79 Å². The number of rotatable bonds is 5. The lowest BCUT2D eigenvalue weighted by Crippen LogP contribution is -2.25. The van der Waals surface area contributed by atoms with Crippen LogP contribution in [0.25, 0.3) is 11.1 Å². The van der Waals surface area contributed by atoms with Gasteiger partial charge in [-0.25, -0.2) is 23.5 Å². The minimum Gasteiger partial charge on any atom is -0.460 e. The monoisotopic (exact) mass is 362 g/mol. The van der Waals surface area contributed by atoms with Gasteiger partial charge >= 0.3 is 6.01 Å². The van der Waals surface area contributed by atoms with Crippen LogP contribution >= 0.6 is 0 Å². The van der Waals surface area contributed by atoms with Crippen LogP contribution in [0.4, 0.5) is 5.69 Å². The number of nitrogens with two attached hydrogens (primary N) is 1. The molecule has 0 radical (unpaired) electrons. The Kier molecular flexibility index (Phi) is 4.69. The Hall–Kier alpha value is -2.52. The predicted molar refractivity (Wildman–Crippen MR) is 91.4 cm³/mol. The lowest BCUT2D eigenvalue weighted by atomic mass is 9.96. The average molecular weight is 362 g/mol. The standard InChI is InChI=1S/C16H18N4O4S/c1-10(21)20-12-5-6-14(15(7-12)25(17,22)23)11-8-18-16(19-9-11)24-13-3-2-4-13/h5-9,13H,2-4H2,1H3,(H,20,21)(H2,17,22,23). The van der Waals surface area contributed by atoms with Gasteiger partial charge in [0.25, 0.3) is 0 Å². The number of nitrogens with one attached hydrogen (secondary N) is 1. The van der Waals surface area contributed by atoms with Crippen molar-refractivity contribution in [1.82, 2.24) is 9.97 Å². The van der Waals surface area contributed by atoms with Crippen LogP contribution in [0.15, 0.2) is 35.5 Å². The van der Waals surface area contributed by atoms with Gasteiger partial charge in [-0.15, -0.1) is 0 Å². The number of benzene rings is 1. The number of sulfonamides is 1. The second-order valence-electron chi connectivity index (χ2n) is 5.86. The summed E-state index contributed by atoms with van der Waals surface area (Å²) >= 11 is 0. The molecule has 2 aromatic rings. The molecule has 0 unspecified atom stereocenters. The average Bonchev–Trinajstić information content (AvgIpc) is 2.50. The van der Waals surface area contributed by atoms with E-state index in [4.69, 9.17) is 9.88 Å². The number of anilines is 1. The molecule has 132 valence electrons. The van der Waals surface area contributed by atoms with Gasteiger partial charge in [-0.2, -0.15) is 0 Å². The summed E-state index contributed by atoms with van der Waals surface area (Å²) in [4.78, 5) is 19.3. The van der Waals surface area contributed by atoms with Crippen LogP contribution in [0, 0.1) is 0 Å². The van der Waals surface area contributed by atoms with Crippen LogP contribution in [-0.4, -0.2) is 30.4 Å². The maximum atomic E-state index is 11.9. The maximum Gasteiger partial charge on any atom is 0.316 e. The number of amides is 1. The lowest BCUT2D eigenvalue weighted by molar-refractivity contribution is -0.114. The first-order valence-electron chi connectivity index (χ1n) is 7.76. The van der Waals surface area contributed by atoms with Gasteiger partial charge in [0.1, 0.15) is 6.10 Å². The highest BCUT2D eigenvalue weighted by molar-refractivity contribution is 7.89. The van der Waals surface area contributed by atoms with Crippen molar-refractivity contribution in [2.45, 2.75) is 37.2 Å². The summed E-state index contributed by atoms with van der Waals surface area (Å²) in [6.07, 6.45) is 6.26. The van der Waals surface area contributed by atoms with Crippen molar-refractivity contribution in [1.29, 1.82) is 0 Å². The molecule has 0 spiro atoms. The molecule has 1 amide bonds. The number of carbonyl (C=O) groups is 1. The zero-order valence-electron chi connectivity index (χ0n) is 13.6. The molecular formula is C16H18N4O4S. The zero-order valence-corrected chi connectivity index (χ0v) is 14.4. The van der Waals surface area contributed by atoms with Gasteiger partial charge in [0.05, 0.1) is 4.90 Å². The van der Waals surface area contributed by atoms with E-state index in [9.17, 15) is 13.2 Å². The van der Waals surface area contributed by atoms with Crippen LogP contribution in [0.3, 0.4) is 0 Å². The molecule has 1 aromatic heterocycles. The molecule has 1 fully saturated rings. The molecule has 3 rings (SSSR count). The first kappa shape index (κ1) is 17.3. The Morgan fingerprint density at radius 2 is 1.96 bits per heavy atom. The highest BCUT2D eigenvalue weighted by atomic mass is 32.2. The molecule has 0 bridgehead atoms. The van der Waals surface area contributed by atoms with Crippen LogP contribution < -0.4 is 15.2 Å². The third kappa shape index (κ3) is 4.12. The van der Waals surface area contributed by atoms with E-state index in [0.29, 0.717) is 16.8 Å². The summed E-state index contributed by atoms with van der Waals surface area (Å²) in [6.45, 7) is 1.33. The number of primary sulfonamides is 1. The highest BCUT2D eigenvalue weighted by Crippen LogP contribution is 2.29. The molecule has 1 aromatic carbocycles. The van der Waals surface area contributed by atoms with E-state index in [2.05, 4.69) is 15.3 Å². The maximum absolute atomic E-state index is 11.9. The normalized spacial score (nSPS) is 14.6. The molecular weight excluding hydrogens is 344 g/mol. The van der Waals surface area contributed by atoms with E-state index in [0.717, 1.165) is 19.3 Å². The van der Waals surface area contributed by atoms with Gasteiger partial charge in [0.15, 0.2) is 0 Å². The van der Waals surface area contributed by atoms with Crippen molar-refractivity contribution in [3.63, 3.8) is 0 Å². The van der Waals surface area contributed by atoms with Crippen molar-refractivity contribution >= 4 is 21.6 Å². The number of aromatic nitrogens is 2. The van der Waals surface area contributed by atoms with E-state index >= 15 is 0 Å². The molecule has 3 N–H and O–H groups in total. The number of carbonyl (C=O) groups excluding carboxylic acids is 1. The van der Waals surface area contributed by atoms with Crippen molar-refractivity contribution in [2.75, 3.05) is 5.32 Å². The van der Waals surface area contributed by atoms with Crippen LogP contribution in [0.2, 0.25) is 0 Å². The number of hydrogen-bond donors (Lipinski definition) is 2. The molecule has 0 atom stereocenters. The fourth-order valence-corrected chi connectivity index (χ4v) is 3.21. The minimum atomic E-state index is -4.00. The first-order chi connectivity index (χ1) is 11.8. The summed E-state index contributed by atoms with van der Waals surface area (Å²) in [7, 11) is -4.00. The van der Waals surface area contributed by atoms with E-state index in [-0.39, 0.29) is 22.9 Å². The Balaban J connectivity index is 1.93. The fourth-order valence-electron chi connectivity index (χ4n) is 2.43. The Morgan fingerprint density at radius 3 is 2.48 bits per heavy atom. The molecule has 1 saturated carbocycles. The number of nitrogens with zero attached hydrogens (tertiary/aromatic N) is 2. The topological polar surface area (TPSA) is 124 Å². The van der Waals surface area contributed by atoms with E-state index in [1.807, 2.05) is 0 Å². The summed E-state index contributed by atoms with van der Waals surface area (Å²) in [5.41, 5.74) is 1.18. The first-order valence-corrected chi connectivity index (χ1v) is 9.31. The van der Waals surface area contributed by atoms with E-state index in [1.165, 1.54) is 25.4 Å². The number of hydrogen-bond acceptors (Lipinski definition) is 6. The van der Waals surface area contributed by atoms with Gasteiger partial charge < -0.3 is 10.1 Å². The molecule has 1 aliphatic rings. The third-order valence-electron chi connectivity index (χ3n) is 3.87. The minimum absolute atomic E-state index is 0.116. The van der Waals surface area contributed by atoms with E-state index < -0.39 is 10.0 Å². The zero-order chi connectivity index (χ0) is 18.0. The Morgan fingerprint density at radius 1 is 1.28 bits per heavy atom. The predicted octanol–water partition coefficient (Wildman–Crippen LogP) is 1.68. The Labute approximate surface area is 145 Å². The molecule has 1 aliphatic carbocycles. The summed E-state index contributed by atoms with van der Waals surface area (Å²) in [5, 5.41) is 7.84. The number of ether oxygens (including phenoxy) is 1. The SMILES string of the molecule is CC(=O)Nc1ccc(-c2cnc(OC3CCC3)nc2)c(S(N)(=O)=O)c1. The summed E-state index contributed by atoms with van der Waals surface area (Å²) in [6, 6.07) is 4.71. The van der Waals surface area contributed by atoms with E-state index in [1.54, 1.807) is 12.1 Å². The quantitative estimate of drug-likeness (QED) is 0.834. The second kappa shape index (κ2) is 6.77. The largest absolute Gasteiger partial charge is 0.460 e. The smallest absolute Gasteiger partial charge is 0.316 e. The molecule has 9 heteroatoms. The Bertz CT molecular complexity index is 893. The van der Waals surface area contributed by atoms with Crippen LogP contribution in [-0.2, 0) is 14.8 Å². The van der Waals surface area contributed by atoms with Crippen molar-refractivity contribution in [3.05, 3.63) is 30.6 Å². The van der Waals surface area contributed by atoms with Gasteiger partial charge in [0, 0.05) is 36.1 Å². The van der Waals surface area contributed by atoms with Gasteiger partial charge in [0.2, 0.25) is 15.9 Å². The summed E-state index contributed by atoms with van der Waals surface area (Å²) < 4.78 is 29.4. The molecule has 0 saturated heterocycles. The van der Waals surface area contributed by atoms with Gasteiger partial charge in [-0.1, -0.05) is 6.07 Å².